The maximum Gasteiger partial charge on any atom is 0.275 e. The highest BCUT2D eigenvalue weighted by Gasteiger charge is 2.15. The second-order valence-electron chi connectivity index (χ2n) is 5.38. The van der Waals surface area contributed by atoms with Gasteiger partial charge in [-0.05, 0) is 12.1 Å². The van der Waals surface area contributed by atoms with Crippen LogP contribution in [-0.4, -0.2) is 26.3 Å². The lowest BCUT2D eigenvalue weighted by Crippen LogP contribution is -2.12. The molecule has 2 aromatic carbocycles. The van der Waals surface area contributed by atoms with Crippen molar-refractivity contribution in [3.05, 3.63) is 71.4 Å². The van der Waals surface area contributed by atoms with E-state index in [-0.39, 0.29) is 5.91 Å². The van der Waals surface area contributed by atoms with Crippen molar-refractivity contribution in [2.45, 2.75) is 0 Å². The smallest absolute Gasteiger partial charge is 0.275 e. The number of carbonyl (C=O) groups excluding carboxylic acids is 1. The number of nitrogens with zero attached hydrogens (tertiary/aromatic N) is 3. The highest BCUT2D eigenvalue weighted by Crippen LogP contribution is 2.28. The first-order valence-electron chi connectivity index (χ1n) is 7.71. The van der Waals surface area contributed by atoms with E-state index in [2.05, 4.69) is 25.7 Å². The molecule has 26 heavy (non-hydrogen) atoms. The molecule has 0 unspecified atom stereocenters. The van der Waals surface area contributed by atoms with Gasteiger partial charge < -0.3 is 0 Å². The van der Waals surface area contributed by atoms with Crippen LogP contribution in [0.4, 0.5) is 5.13 Å². The molecule has 1 amide bonds. The van der Waals surface area contributed by atoms with Gasteiger partial charge in [-0.25, -0.2) is 0 Å². The number of hydrogen-bond acceptors (Lipinski definition) is 5. The van der Waals surface area contributed by atoms with Crippen LogP contribution in [0.15, 0.2) is 60.7 Å². The van der Waals surface area contributed by atoms with Gasteiger partial charge in [0.25, 0.3) is 5.91 Å². The summed E-state index contributed by atoms with van der Waals surface area (Å²) in [6.07, 6.45) is 0. The average Bonchev–Trinajstić information content (AvgIpc) is 3.33. The van der Waals surface area contributed by atoms with Gasteiger partial charge in [-0.2, -0.15) is 5.10 Å². The summed E-state index contributed by atoms with van der Waals surface area (Å²) in [7, 11) is 0. The first-order valence-corrected chi connectivity index (χ1v) is 8.91. The highest BCUT2D eigenvalue weighted by atomic mass is 35.5. The molecule has 2 N–H and O–H groups in total. The Bertz CT molecular complexity index is 1060. The molecule has 0 saturated carbocycles. The third kappa shape index (κ3) is 3.35. The fraction of sp³-hybridized carbons (Fsp3) is 0. The molecule has 4 rings (SSSR count). The average molecular weight is 382 g/mol. The number of halogens is 1. The quantitative estimate of drug-likeness (QED) is 0.545. The summed E-state index contributed by atoms with van der Waals surface area (Å²) in [6.45, 7) is 0. The number of rotatable bonds is 4. The van der Waals surface area contributed by atoms with E-state index < -0.39 is 0 Å². The molecule has 0 atom stereocenters. The predicted molar refractivity (Wildman–Crippen MR) is 102 cm³/mol. The Labute approximate surface area is 157 Å². The van der Waals surface area contributed by atoms with Crippen LogP contribution in [-0.2, 0) is 0 Å². The fourth-order valence-corrected chi connectivity index (χ4v) is 3.36. The maximum atomic E-state index is 12.4. The minimum atomic E-state index is -0.341. The third-order valence-corrected chi connectivity index (χ3v) is 4.86. The van der Waals surface area contributed by atoms with Gasteiger partial charge in [-0.1, -0.05) is 71.5 Å². The Hall–Kier alpha value is -3.03. The van der Waals surface area contributed by atoms with E-state index >= 15 is 0 Å². The zero-order chi connectivity index (χ0) is 17.9. The Morgan fingerprint density at radius 2 is 1.81 bits per heavy atom. The van der Waals surface area contributed by atoms with Gasteiger partial charge in [0.15, 0.2) is 0 Å². The molecule has 4 aromatic rings. The van der Waals surface area contributed by atoms with Crippen molar-refractivity contribution in [1.29, 1.82) is 0 Å². The number of carbonyl (C=O) groups is 1. The Morgan fingerprint density at radius 1 is 1.04 bits per heavy atom. The molecule has 0 fully saturated rings. The predicted octanol–water partition coefficient (Wildman–Crippen LogP) is 4.50. The maximum absolute atomic E-state index is 12.4. The van der Waals surface area contributed by atoms with Crippen molar-refractivity contribution in [2.24, 2.45) is 0 Å². The molecule has 0 aliphatic heterocycles. The monoisotopic (exact) mass is 381 g/mol. The van der Waals surface area contributed by atoms with Gasteiger partial charge in [0.05, 0.1) is 10.7 Å². The normalized spacial score (nSPS) is 10.7. The van der Waals surface area contributed by atoms with Crippen molar-refractivity contribution < 1.29 is 4.79 Å². The molecule has 6 nitrogen and oxygen atoms in total. The van der Waals surface area contributed by atoms with E-state index in [1.807, 2.05) is 48.5 Å². The van der Waals surface area contributed by atoms with Crippen LogP contribution < -0.4 is 5.32 Å². The second-order valence-corrected chi connectivity index (χ2v) is 6.76. The number of anilines is 1. The fourth-order valence-electron chi connectivity index (χ4n) is 2.38. The molecule has 0 aliphatic carbocycles. The van der Waals surface area contributed by atoms with Crippen molar-refractivity contribution in [3.8, 4) is 21.8 Å². The minimum Gasteiger partial charge on any atom is -0.295 e. The summed E-state index contributed by atoms with van der Waals surface area (Å²) < 4.78 is 0. The van der Waals surface area contributed by atoms with E-state index in [1.54, 1.807) is 12.1 Å². The molecule has 0 saturated heterocycles. The van der Waals surface area contributed by atoms with Crippen molar-refractivity contribution in [2.75, 3.05) is 5.32 Å². The van der Waals surface area contributed by atoms with Crippen LogP contribution in [0.25, 0.3) is 21.8 Å². The Balaban J connectivity index is 1.51. The summed E-state index contributed by atoms with van der Waals surface area (Å²) in [6, 6.07) is 18.6. The van der Waals surface area contributed by atoms with Crippen LogP contribution in [0.1, 0.15) is 10.5 Å². The number of aromatic amines is 1. The Kier molecular flexibility index (Phi) is 4.47. The van der Waals surface area contributed by atoms with E-state index in [9.17, 15) is 4.79 Å². The zero-order valence-electron chi connectivity index (χ0n) is 13.3. The lowest BCUT2D eigenvalue weighted by atomic mass is 10.1. The van der Waals surface area contributed by atoms with Crippen LogP contribution in [0.2, 0.25) is 5.02 Å². The van der Waals surface area contributed by atoms with Crippen LogP contribution in [0, 0.1) is 0 Å². The molecule has 0 spiro atoms. The number of hydrogen-bond donors (Lipinski definition) is 2. The topological polar surface area (TPSA) is 83.6 Å². The zero-order valence-corrected chi connectivity index (χ0v) is 14.9. The van der Waals surface area contributed by atoms with E-state index in [1.165, 1.54) is 11.3 Å². The molecular weight excluding hydrogens is 370 g/mol. The third-order valence-electron chi connectivity index (χ3n) is 3.64. The molecular formula is C18H12ClN5OS. The molecule has 2 heterocycles. The summed E-state index contributed by atoms with van der Waals surface area (Å²) >= 11 is 7.47. The van der Waals surface area contributed by atoms with Crippen LogP contribution >= 0.6 is 22.9 Å². The van der Waals surface area contributed by atoms with Gasteiger partial charge in [-0.3, -0.25) is 15.2 Å². The number of benzene rings is 2. The summed E-state index contributed by atoms with van der Waals surface area (Å²) in [5.41, 5.74) is 2.62. The molecule has 0 bridgehead atoms. The van der Waals surface area contributed by atoms with E-state index in [0.29, 0.717) is 21.5 Å². The largest absolute Gasteiger partial charge is 0.295 e. The molecule has 2 aromatic heterocycles. The standard InChI is InChI=1S/C18H12ClN5OS/c19-13-9-5-4-8-12(13)14-10-15(22-21-14)16(25)20-18-24-23-17(26-18)11-6-2-1-3-7-11/h1-10H,(H,21,22)(H,20,24,25). The second kappa shape index (κ2) is 7.07. The summed E-state index contributed by atoms with van der Waals surface area (Å²) in [5.74, 6) is -0.341. The Morgan fingerprint density at radius 3 is 2.62 bits per heavy atom. The van der Waals surface area contributed by atoms with Crippen molar-refractivity contribution >= 4 is 34.0 Å². The first-order chi connectivity index (χ1) is 12.7. The minimum absolute atomic E-state index is 0.316. The number of H-pyrrole nitrogens is 1. The van der Waals surface area contributed by atoms with Crippen molar-refractivity contribution in [1.82, 2.24) is 20.4 Å². The number of amides is 1. The van der Waals surface area contributed by atoms with Gasteiger partial charge >= 0.3 is 0 Å². The molecule has 0 aliphatic rings. The van der Waals surface area contributed by atoms with Crippen molar-refractivity contribution in [3.63, 3.8) is 0 Å². The summed E-state index contributed by atoms with van der Waals surface area (Å²) in [4.78, 5) is 12.4. The molecule has 128 valence electrons. The van der Waals surface area contributed by atoms with Gasteiger partial charge in [0, 0.05) is 11.1 Å². The van der Waals surface area contributed by atoms with Gasteiger partial charge in [0.2, 0.25) is 5.13 Å². The number of nitrogens with one attached hydrogen (secondary N) is 2. The SMILES string of the molecule is O=C(Nc1nnc(-c2ccccc2)s1)c1cc(-c2ccccc2Cl)n[nH]1. The lowest BCUT2D eigenvalue weighted by Gasteiger charge is -1.98. The van der Waals surface area contributed by atoms with Crippen LogP contribution in [0.3, 0.4) is 0 Å². The van der Waals surface area contributed by atoms with E-state index in [0.717, 1.165) is 16.1 Å². The molecule has 8 heteroatoms. The van der Waals surface area contributed by atoms with Crippen LogP contribution in [0.5, 0.6) is 0 Å². The number of aromatic nitrogens is 4. The lowest BCUT2D eigenvalue weighted by molar-refractivity contribution is 0.102. The first kappa shape index (κ1) is 16.4. The van der Waals surface area contributed by atoms with Gasteiger partial charge in [-0.15, -0.1) is 10.2 Å². The highest BCUT2D eigenvalue weighted by molar-refractivity contribution is 7.18. The summed E-state index contributed by atoms with van der Waals surface area (Å²) in [5, 5.41) is 19.5. The van der Waals surface area contributed by atoms with E-state index in [4.69, 9.17) is 11.6 Å². The molecule has 0 radical (unpaired) electrons. The van der Waals surface area contributed by atoms with Gasteiger partial charge in [0.1, 0.15) is 10.7 Å².